The van der Waals surface area contributed by atoms with E-state index in [0.717, 1.165) is 5.56 Å². The molecule has 5 nitrogen and oxygen atoms in total. The number of hydrogen-bond donors (Lipinski definition) is 2. The molecule has 2 aromatic rings. The molecule has 0 saturated carbocycles. The van der Waals surface area contributed by atoms with E-state index in [1.54, 1.807) is 17.1 Å². The first kappa shape index (κ1) is 14.3. The minimum Gasteiger partial charge on any atom is -0.480 e. The second-order valence-corrected chi connectivity index (χ2v) is 4.99. The second-order valence-electron chi connectivity index (χ2n) is 4.99. The van der Waals surface area contributed by atoms with Crippen LogP contribution in [0.5, 0.6) is 0 Å². The zero-order valence-corrected chi connectivity index (χ0v) is 11.7. The van der Waals surface area contributed by atoms with Crippen molar-refractivity contribution in [1.82, 2.24) is 15.1 Å². The van der Waals surface area contributed by atoms with Gasteiger partial charge in [0.25, 0.3) is 0 Å². The molecule has 2 N–H and O–H groups in total. The largest absolute Gasteiger partial charge is 0.480 e. The van der Waals surface area contributed by atoms with Gasteiger partial charge in [-0.2, -0.15) is 5.10 Å². The van der Waals surface area contributed by atoms with Crippen LogP contribution in [0, 0.1) is 0 Å². The number of aliphatic carboxylic acids is 1. The summed E-state index contributed by atoms with van der Waals surface area (Å²) >= 11 is 0. The summed E-state index contributed by atoms with van der Waals surface area (Å²) in [5, 5.41) is 16.6. The highest BCUT2D eigenvalue weighted by Gasteiger charge is 2.21. The van der Waals surface area contributed by atoms with Gasteiger partial charge in [0.05, 0.1) is 6.20 Å². The number of hydrogen-bond acceptors (Lipinski definition) is 3. The fraction of sp³-hybridized carbons (Fsp3) is 0.333. The molecule has 1 heterocycles. The zero-order chi connectivity index (χ0) is 14.5. The number of carboxylic acid groups (broad SMARTS) is 1. The fourth-order valence-corrected chi connectivity index (χ4v) is 1.95. The molecule has 0 amide bonds. The van der Waals surface area contributed by atoms with Crippen LogP contribution in [0.4, 0.5) is 0 Å². The van der Waals surface area contributed by atoms with Crippen LogP contribution in [0.15, 0.2) is 42.7 Å². The van der Waals surface area contributed by atoms with Crippen LogP contribution < -0.4 is 5.32 Å². The highest BCUT2D eigenvalue weighted by molar-refractivity contribution is 5.75. The Balaban J connectivity index is 2.09. The Bertz CT molecular complexity index is 564. The molecule has 1 aromatic carbocycles. The number of carboxylic acids is 1. The van der Waals surface area contributed by atoms with E-state index < -0.39 is 12.0 Å². The van der Waals surface area contributed by atoms with Crippen LogP contribution >= 0.6 is 0 Å². The molecule has 0 bridgehead atoms. The van der Waals surface area contributed by atoms with Crippen LogP contribution in [0.3, 0.4) is 0 Å². The van der Waals surface area contributed by atoms with Gasteiger partial charge < -0.3 is 5.11 Å². The molecule has 5 heteroatoms. The average Bonchev–Trinajstić information content (AvgIpc) is 2.89. The number of benzene rings is 1. The molecule has 2 rings (SSSR count). The number of aromatic nitrogens is 2. The summed E-state index contributed by atoms with van der Waals surface area (Å²) in [5.74, 6) is -0.899. The molecule has 1 aromatic heterocycles. The molecular weight excluding hydrogens is 254 g/mol. The van der Waals surface area contributed by atoms with E-state index in [1.807, 2.05) is 44.2 Å². The van der Waals surface area contributed by atoms with Gasteiger partial charge in [0, 0.05) is 24.3 Å². The molecule has 1 atom stereocenters. The van der Waals surface area contributed by atoms with Crippen molar-refractivity contribution in [3.05, 3.63) is 53.9 Å². The summed E-state index contributed by atoms with van der Waals surface area (Å²) in [7, 11) is 0. The molecule has 0 radical (unpaired) electrons. The number of nitrogens with zero attached hydrogens (tertiary/aromatic N) is 2. The lowest BCUT2D eigenvalue weighted by Gasteiger charge is -2.13. The lowest BCUT2D eigenvalue weighted by molar-refractivity contribution is -0.139. The van der Waals surface area contributed by atoms with Crippen molar-refractivity contribution in [2.24, 2.45) is 0 Å². The van der Waals surface area contributed by atoms with E-state index in [0.29, 0.717) is 12.1 Å². The Morgan fingerprint density at radius 1 is 1.35 bits per heavy atom. The standard InChI is InChI=1S/C15H19N3O2/c1-11(2)18-10-13(9-17-18)14(15(19)20)16-8-12-6-4-3-5-7-12/h3-7,9-11,14,16H,8H2,1-2H3,(H,19,20). The fourth-order valence-electron chi connectivity index (χ4n) is 1.95. The van der Waals surface area contributed by atoms with Crippen LogP contribution in [0.25, 0.3) is 0 Å². The van der Waals surface area contributed by atoms with E-state index in [1.165, 1.54) is 0 Å². The topological polar surface area (TPSA) is 67.2 Å². The maximum absolute atomic E-state index is 11.4. The maximum Gasteiger partial charge on any atom is 0.325 e. The van der Waals surface area contributed by atoms with Gasteiger partial charge in [0.2, 0.25) is 0 Å². The van der Waals surface area contributed by atoms with E-state index in [9.17, 15) is 9.90 Å². The predicted octanol–water partition coefficient (Wildman–Crippen LogP) is 2.38. The Labute approximate surface area is 118 Å². The molecule has 0 aliphatic heterocycles. The van der Waals surface area contributed by atoms with E-state index >= 15 is 0 Å². The van der Waals surface area contributed by atoms with Crippen molar-refractivity contribution in [2.45, 2.75) is 32.5 Å². The number of nitrogens with one attached hydrogen (secondary N) is 1. The highest BCUT2D eigenvalue weighted by atomic mass is 16.4. The van der Waals surface area contributed by atoms with Crippen LogP contribution in [0.2, 0.25) is 0 Å². The van der Waals surface area contributed by atoms with Gasteiger partial charge in [-0.3, -0.25) is 14.8 Å². The SMILES string of the molecule is CC(C)n1cc(C(NCc2ccccc2)C(=O)O)cn1. The van der Waals surface area contributed by atoms with Crippen LogP contribution in [0.1, 0.15) is 37.1 Å². The van der Waals surface area contributed by atoms with E-state index in [-0.39, 0.29) is 6.04 Å². The van der Waals surface area contributed by atoms with E-state index in [4.69, 9.17) is 0 Å². The summed E-state index contributed by atoms with van der Waals surface area (Å²) in [4.78, 5) is 11.4. The minimum absolute atomic E-state index is 0.215. The second kappa shape index (κ2) is 6.34. The van der Waals surface area contributed by atoms with Gasteiger partial charge in [0.1, 0.15) is 6.04 Å². The maximum atomic E-state index is 11.4. The molecule has 0 aliphatic rings. The lowest BCUT2D eigenvalue weighted by Crippen LogP contribution is -2.27. The van der Waals surface area contributed by atoms with Gasteiger partial charge in [-0.25, -0.2) is 0 Å². The molecular formula is C15H19N3O2. The number of carbonyl (C=O) groups is 1. The first-order valence-electron chi connectivity index (χ1n) is 6.62. The van der Waals surface area contributed by atoms with Gasteiger partial charge in [0.15, 0.2) is 0 Å². The molecule has 20 heavy (non-hydrogen) atoms. The molecule has 0 saturated heterocycles. The molecule has 0 aliphatic carbocycles. The van der Waals surface area contributed by atoms with Gasteiger partial charge >= 0.3 is 5.97 Å². The van der Waals surface area contributed by atoms with Crippen LogP contribution in [-0.2, 0) is 11.3 Å². The molecule has 106 valence electrons. The first-order chi connectivity index (χ1) is 9.58. The Morgan fingerprint density at radius 3 is 2.60 bits per heavy atom. The Kier molecular flexibility index (Phi) is 4.53. The highest BCUT2D eigenvalue weighted by Crippen LogP contribution is 2.15. The molecule has 1 unspecified atom stereocenters. The third kappa shape index (κ3) is 3.45. The monoisotopic (exact) mass is 273 g/mol. The third-order valence-electron chi connectivity index (χ3n) is 3.08. The predicted molar refractivity (Wildman–Crippen MR) is 76.3 cm³/mol. The van der Waals surface area contributed by atoms with Gasteiger partial charge in [-0.05, 0) is 19.4 Å². The lowest BCUT2D eigenvalue weighted by atomic mass is 10.1. The molecule has 0 fully saturated rings. The van der Waals surface area contributed by atoms with Crippen molar-refractivity contribution < 1.29 is 9.90 Å². The summed E-state index contributed by atoms with van der Waals surface area (Å²) in [6, 6.07) is 9.19. The van der Waals surface area contributed by atoms with Crippen molar-refractivity contribution in [3.8, 4) is 0 Å². The first-order valence-corrected chi connectivity index (χ1v) is 6.62. The summed E-state index contributed by atoms with van der Waals surface area (Å²) in [5.41, 5.74) is 1.72. The third-order valence-corrected chi connectivity index (χ3v) is 3.08. The van der Waals surface area contributed by atoms with Crippen molar-refractivity contribution >= 4 is 5.97 Å². The number of rotatable bonds is 6. The Morgan fingerprint density at radius 2 is 2.05 bits per heavy atom. The van der Waals surface area contributed by atoms with E-state index in [2.05, 4.69) is 10.4 Å². The van der Waals surface area contributed by atoms with Crippen molar-refractivity contribution in [3.63, 3.8) is 0 Å². The summed E-state index contributed by atoms with van der Waals surface area (Å²) < 4.78 is 1.76. The minimum atomic E-state index is -0.899. The molecule has 0 spiro atoms. The smallest absolute Gasteiger partial charge is 0.325 e. The Hall–Kier alpha value is -2.14. The van der Waals surface area contributed by atoms with Gasteiger partial charge in [-0.1, -0.05) is 30.3 Å². The van der Waals surface area contributed by atoms with Crippen molar-refractivity contribution in [1.29, 1.82) is 0 Å². The summed E-state index contributed by atoms with van der Waals surface area (Å²) in [6.07, 6.45) is 3.39. The summed E-state index contributed by atoms with van der Waals surface area (Å²) in [6.45, 7) is 4.51. The zero-order valence-electron chi connectivity index (χ0n) is 11.7. The quantitative estimate of drug-likeness (QED) is 0.848. The van der Waals surface area contributed by atoms with Crippen LogP contribution in [-0.4, -0.2) is 20.9 Å². The van der Waals surface area contributed by atoms with Crippen molar-refractivity contribution in [2.75, 3.05) is 0 Å². The normalized spacial score (nSPS) is 12.6. The average molecular weight is 273 g/mol. The van der Waals surface area contributed by atoms with Gasteiger partial charge in [-0.15, -0.1) is 0 Å².